The quantitative estimate of drug-likeness (QED) is 0.692. The van der Waals surface area contributed by atoms with Crippen molar-refractivity contribution < 1.29 is 18.3 Å². The average molecular weight is 378 g/mol. The average Bonchev–Trinajstić information content (AvgIpc) is 2.48. The molecule has 1 unspecified atom stereocenters. The minimum Gasteiger partial charge on any atom is -0.496 e. The van der Waals surface area contributed by atoms with Gasteiger partial charge in [-0.3, -0.25) is 0 Å². The lowest BCUT2D eigenvalue weighted by Gasteiger charge is -2.16. The maximum Gasteiger partial charge on any atom is 0.165 e. The summed E-state index contributed by atoms with van der Waals surface area (Å²) in [4.78, 5) is 0. The molecule has 1 atom stereocenters. The van der Waals surface area contributed by atoms with Crippen LogP contribution in [0.15, 0.2) is 34.8 Å². The fourth-order valence-electron chi connectivity index (χ4n) is 1.94. The highest BCUT2D eigenvalue weighted by Gasteiger charge is 2.19. The van der Waals surface area contributed by atoms with Gasteiger partial charge in [-0.15, -0.1) is 11.6 Å². The minimum atomic E-state index is -0.683. The molecule has 0 aliphatic carbocycles. The van der Waals surface area contributed by atoms with E-state index < -0.39 is 17.0 Å². The van der Waals surface area contributed by atoms with Crippen LogP contribution in [0.4, 0.5) is 8.78 Å². The van der Waals surface area contributed by atoms with Crippen LogP contribution < -0.4 is 9.47 Å². The zero-order valence-corrected chi connectivity index (χ0v) is 13.6. The van der Waals surface area contributed by atoms with Crippen molar-refractivity contribution in [2.24, 2.45) is 0 Å². The molecule has 0 amide bonds. The Hall–Kier alpha value is -1.33. The molecular formula is C15H12BrClF2O2. The van der Waals surface area contributed by atoms with Gasteiger partial charge in [-0.25, -0.2) is 8.78 Å². The smallest absolute Gasteiger partial charge is 0.165 e. The summed E-state index contributed by atoms with van der Waals surface area (Å²) in [6.45, 7) is 0. The van der Waals surface area contributed by atoms with Crippen molar-refractivity contribution in [1.82, 2.24) is 0 Å². The van der Waals surface area contributed by atoms with E-state index in [1.54, 1.807) is 6.07 Å². The zero-order chi connectivity index (χ0) is 15.6. The normalized spacial score (nSPS) is 12.1. The van der Waals surface area contributed by atoms with E-state index >= 15 is 0 Å². The first-order chi connectivity index (χ1) is 9.97. The van der Waals surface area contributed by atoms with Crippen LogP contribution in [0, 0.1) is 11.6 Å². The van der Waals surface area contributed by atoms with Crippen molar-refractivity contribution >= 4 is 27.5 Å². The summed E-state index contributed by atoms with van der Waals surface area (Å²) in [5.41, 5.74) is 1.06. The van der Waals surface area contributed by atoms with Gasteiger partial charge in [-0.05, 0) is 39.7 Å². The lowest BCUT2D eigenvalue weighted by molar-refractivity contribution is 0.386. The summed E-state index contributed by atoms with van der Waals surface area (Å²) in [6, 6.07) is 7.18. The fourth-order valence-corrected chi connectivity index (χ4v) is 2.61. The van der Waals surface area contributed by atoms with Crippen molar-refractivity contribution in [3.8, 4) is 11.5 Å². The highest BCUT2D eigenvalue weighted by molar-refractivity contribution is 9.10. The highest BCUT2D eigenvalue weighted by Crippen LogP contribution is 2.38. The molecular weight excluding hydrogens is 366 g/mol. The molecule has 0 aliphatic rings. The first-order valence-corrected chi connectivity index (χ1v) is 7.21. The molecule has 0 radical (unpaired) electrons. The van der Waals surface area contributed by atoms with Crippen LogP contribution in [0.25, 0.3) is 0 Å². The van der Waals surface area contributed by atoms with Crippen molar-refractivity contribution in [1.29, 1.82) is 0 Å². The molecule has 0 saturated heterocycles. The number of alkyl halides is 1. The molecule has 112 valence electrons. The van der Waals surface area contributed by atoms with E-state index in [-0.39, 0.29) is 10.2 Å². The van der Waals surface area contributed by atoms with Gasteiger partial charge in [0.2, 0.25) is 0 Å². The van der Waals surface area contributed by atoms with Gasteiger partial charge >= 0.3 is 0 Å². The Bertz CT molecular complexity index is 664. The van der Waals surface area contributed by atoms with E-state index in [4.69, 9.17) is 21.1 Å². The first-order valence-electron chi connectivity index (χ1n) is 5.98. The van der Waals surface area contributed by atoms with E-state index in [0.717, 1.165) is 0 Å². The maximum atomic E-state index is 13.8. The summed E-state index contributed by atoms with van der Waals surface area (Å²) in [5, 5.41) is -0.683. The SMILES string of the molecule is COc1ccc(C(Cl)c2cc(Br)c(F)cc2OC)cc1F. The summed E-state index contributed by atoms with van der Waals surface area (Å²) in [7, 11) is 2.81. The Kier molecular flexibility index (Phi) is 5.06. The van der Waals surface area contributed by atoms with Gasteiger partial charge < -0.3 is 9.47 Å². The molecule has 2 aromatic rings. The van der Waals surface area contributed by atoms with Crippen LogP contribution in [-0.2, 0) is 0 Å². The monoisotopic (exact) mass is 376 g/mol. The predicted octanol–water partition coefficient (Wildman–Crippen LogP) is 5.07. The van der Waals surface area contributed by atoms with Gasteiger partial charge in [0, 0.05) is 11.6 Å². The molecule has 0 N–H and O–H groups in total. The van der Waals surface area contributed by atoms with Crippen LogP contribution in [0.5, 0.6) is 11.5 Å². The minimum absolute atomic E-state index is 0.134. The number of hydrogen-bond acceptors (Lipinski definition) is 2. The molecule has 0 bridgehead atoms. The molecule has 2 aromatic carbocycles. The Morgan fingerprint density at radius 2 is 1.67 bits per heavy atom. The third-order valence-corrected chi connectivity index (χ3v) is 4.11. The van der Waals surface area contributed by atoms with Crippen LogP contribution in [-0.4, -0.2) is 14.2 Å². The molecule has 0 aliphatic heterocycles. The first kappa shape index (κ1) is 16.0. The van der Waals surface area contributed by atoms with Crippen LogP contribution in [0.1, 0.15) is 16.5 Å². The van der Waals surface area contributed by atoms with Gasteiger partial charge in [0.15, 0.2) is 11.6 Å². The molecule has 0 aromatic heterocycles. The number of hydrogen-bond donors (Lipinski definition) is 0. The summed E-state index contributed by atoms with van der Waals surface area (Å²) in [5.74, 6) is -0.539. The van der Waals surface area contributed by atoms with E-state index in [9.17, 15) is 8.78 Å². The Morgan fingerprint density at radius 1 is 1.00 bits per heavy atom. The number of benzene rings is 2. The van der Waals surface area contributed by atoms with Gasteiger partial charge in [0.25, 0.3) is 0 Å². The molecule has 21 heavy (non-hydrogen) atoms. The highest BCUT2D eigenvalue weighted by atomic mass is 79.9. The second-order valence-electron chi connectivity index (χ2n) is 4.26. The zero-order valence-electron chi connectivity index (χ0n) is 11.3. The molecule has 6 heteroatoms. The lowest BCUT2D eigenvalue weighted by atomic mass is 10.0. The van der Waals surface area contributed by atoms with Gasteiger partial charge in [0.1, 0.15) is 11.6 Å². The molecule has 0 saturated carbocycles. The summed E-state index contributed by atoms with van der Waals surface area (Å²) < 4.78 is 37.6. The number of rotatable bonds is 4. The number of halogens is 4. The third-order valence-electron chi connectivity index (χ3n) is 3.01. The second kappa shape index (κ2) is 6.62. The lowest BCUT2D eigenvalue weighted by Crippen LogP contribution is -2.00. The molecule has 2 rings (SSSR count). The van der Waals surface area contributed by atoms with Crippen molar-refractivity contribution in [3.05, 3.63) is 57.6 Å². The van der Waals surface area contributed by atoms with E-state index in [1.165, 1.54) is 38.5 Å². The second-order valence-corrected chi connectivity index (χ2v) is 5.56. The summed E-state index contributed by atoms with van der Waals surface area (Å²) in [6.07, 6.45) is 0. The van der Waals surface area contributed by atoms with Gasteiger partial charge in [0.05, 0.1) is 24.1 Å². The van der Waals surface area contributed by atoms with Gasteiger partial charge in [-0.2, -0.15) is 0 Å². The predicted molar refractivity (Wildman–Crippen MR) is 81.3 cm³/mol. The Labute approximate surface area is 134 Å². The maximum absolute atomic E-state index is 13.8. The largest absolute Gasteiger partial charge is 0.496 e. The third kappa shape index (κ3) is 3.30. The van der Waals surface area contributed by atoms with E-state index in [1.807, 2.05) is 0 Å². The fraction of sp³-hybridized carbons (Fsp3) is 0.200. The summed E-state index contributed by atoms with van der Waals surface area (Å²) >= 11 is 9.48. The van der Waals surface area contributed by atoms with Gasteiger partial charge in [-0.1, -0.05) is 6.07 Å². The molecule has 0 heterocycles. The standard InChI is InChI=1S/C15H12BrClF2O2/c1-20-13-4-3-8(5-12(13)19)15(17)9-6-10(16)11(18)7-14(9)21-2/h3-7,15H,1-2H3. The Balaban J connectivity index is 2.46. The molecule has 2 nitrogen and oxygen atoms in total. The van der Waals surface area contributed by atoms with Crippen molar-refractivity contribution in [2.45, 2.75) is 5.38 Å². The van der Waals surface area contributed by atoms with E-state index in [0.29, 0.717) is 16.9 Å². The van der Waals surface area contributed by atoms with Crippen molar-refractivity contribution in [2.75, 3.05) is 14.2 Å². The molecule has 0 fully saturated rings. The number of methoxy groups -OCH3 is 2. The van der Waals surface area contributed by atoms with Crippen LogP contribution in [0.3, 0.4) is 0 Å². The van der Waals surface area contributed by atoms with Crippen LogP contribution in [0.2, 0.25) is 0 Å². The topological polar surface area (TPSA) is 18.5 Å². The number of ether oxygens (including phenoxy) is 2. The molecule has 0 spiro atoms. The van der Waals surface area contributed by atoms with E-state index in [2.05, 4.69) is 15.9 Å². The van der Waals surface area contributed by atoms with Crippen molar-refractivity contribution in [3.63, 3.8) is 0 Å². The van der Waals surface area contributed by atoms with Crippen LogP contribution >= 0.6 is 27.5 Å². The Morgan fingerprint density at radius 3 is 2.24 bits per heavy atom.